The number of benzene rings is 2. The Morgan fingerprint density at radius 1 is 1.19 bits per heavy atom. The van der Waals surface area contributed by atoms with Crippen LogP contribution in [0.3, 0.4) is 0 Å². The van der Waals surface area contributed by atoms with Gasteiger partial charge in [0.2, 0.25) is 0 Å². The molecule has 2 aromatic carbocycles. The lowest BCUT2D eigenvalue weighted by Gasteiger charge is -2.07. The molecule has 0 aliphatic heterocycles. The van der Waals surface area contributed by atoms with E-state index >= 15 is 0 Å². The summed E-state index contributed by atoms with van der Waals surface area (Å²) in [6.45, 7) is 0.363. The van der Waals surface area contributed by atoms with Crippen LogP contribution in [-0.4, -0.2) is 24.2 Å². The molecule has 0 spiro atoms. The van der Waals surface area contributed by atoms with E-state index in [1.165, 1.54) is 25.7 Å². The smallest absolute Gasteiger partial charge is 0.324 e. The number of rotatable bonds is 7. The van der Waals surface area contributed by atoms with E-state index in [4.69, 9.17) is 15.7 Å². The molecule has 0 saturated heterocycles. The molecular formula is C24H22N5O2+. The Kier molecular flexibility index (Phi) is 7.12. The molecule has 154 valence electrons. The Labute approximate surface area is 180 Å². The Morgan fingerprint density at radius 2 is 1.90 bits per heavy atom. The van der Waals surface area contributed by atoms with E-state index in [1.54, 1.807) is 6.07 Å². The first-order valence-electron chi connectivity index (χ1n) is 9.53. The van der Waals surface area contributed by atoms with Gasteiger partial charge in [-0.25, -0.2) is 4.99 Å². The van der Waals surface area contributed by atoms with Gasteiger partial charge in [-0.3, -0.25) is 4.79 Å². The second-order valence-electron chi connectivity index (χ2n) is 6.54. The second-order valence-corrected chi connectivity index (χ2v) is 6.54. The third-order valence-electron chi connectivity index (χ3n) is 4.54. The van der Waals surface area contributed by atoms with Crippen molar-refractivity contribution in [3.63, 3.8) is 0 Å². The molecule has 0 radical (unpaired) electrons. The molecular weight excluding hydrogens is 390 g/mol. The summed E-state index contributed by atoms with van der Waals surface area (Å²) >= 11 is 0. The summed E-state index contributed by atoms with van der Waals surface area (Å²) in [5, 5.41) is 11.9. The number of methoxy groups -OCH3 is 1. The number of carbonyl (C=O) groups excluding carboxylic acids is 1. The van der Waals surface area contributed by atoms with Crippen molar-refractivity contribution in [2.24, 2.45) is 5.73 Å². The highest BCUT2D eigenvalue weighted by molar-refractivity contribution is 6.10. The van der Waals surface area contributed by atoms with Crippen LogP contribution in [0, 0.1) is 11.3 Å². The van der Waals surface area contributed by atoms with Crippen molar-refractivity contribution >= 4 is 17.9 Å². The van der Waals surface area contributed by atoms with E-state index < -0.39 is 0 Å². The zero-order chi connectivity index (χ0) is 22.1. The summed E-state index contributed by atoms with van der Waals surface area (Å²) < 4.78 is 5.15. The van der Waals surface area contributed by atoms with Crippen LogP contribution in [0.1, 0.15) is 11.1 Å². The van der Waals surface area contributed by atoms with Gasteiger partial charge in [0.25, 0.3) is 5.91 Å². The van der Waals surface area contributed by atoms with Gasteiger partial charge >= 0.3 is 5.82 Å². The highest BCUT2D eigenvalue weighted by Crippen LogP contribution is 2.19. The Bertz CT molecular complexity index is 1150. The maximum absolute atomic E-state index is 12.5. The van der Waals surface area contributed by atoms with Crippen molar-refractivity contribution in [2.75, 3.05) is 7.11 Å². The lowest BCUT2D eigenvalue weighted by Crippen LogP contribution is -2.63. The first kappa shape index (κ1) is 21.3. The summed E-state index contributed by atoms with van der Waals surface area (Å²) in [7, 11) is 1.47. The molecule has 1 heterocycles. The van der Waals surface area contributed by atoms with Crippen LogP contribution in [-0.2, 0) is 11.3 Å². The van der Waals surface area contributed by atoms with Gasteiger partial charge in [0, 0.05) is 12.7 Å². The molecule has 0 aliphatic rings. The Hall–Kier alpha value is -4.44. The van der Waals surface area contributed by atoms with Crippen molar-refractivity contribution in [1.29, 1.82) is 5.26 Å². The predicted molar refractivity (Wildman–Crippen MR) is 118 cm³/mol. The van der Waals surface area contributed by atoms with Crippen molar-refractivity contribution in [2.45, 2.75) is 6.54 Å². The van der Waals surface area contributed by atoms with Crippen LogP contribution in [0.15, 0.2) is 78.6 Å². The molecule has 4 N–H and O–H groups in total. The molecule has 0 unspecified atom stereocenters. The number of carbonyl (C=O) groups is 1. The zero-order valence-corrected chi connectivity index (χ0v) is 17.0. The second kappa shape index (κ2) is 10.4. The molecule has 0 bridgehead atoms. The molecule has 7 heteroatoms. The fourth-order valence-corrected chi connectivity index (χ4v) is 2.84. The van der Waals surface area contributed by atoms with Crippen molar-refractivity contribution in [1.82, 2.24) is 10.3 Å². The first-order valence-corrected chi connectivity index (χ1v) is 9.53. The van der Waals surface area contributed by atoms with Gasteiger partial charge in [-0.2, -0.15) is 5.26 Å². The third kappa shape index (κ3) is 5.55. The van der Waals surface area contributed by atoms with Crippen LogP contribution in [0.25, 0.3) is 11.1 Å². The number of pyridine rings is 1. The zero-order valence-electron chi connectivity index (χ0n) is 17.0. The van der Waals surface area contributed by atoms with E-state index in [0.29, 0.717) is 23.7 Å². The fourth-order valence-electron chi connectivity index (χ4n) is 2.84. The monoisotopic (exact) mass is 412 g/mol. The molecule has 0 fully saturated rings. The van der Waals surface area contributed by atoms with Gasteiger partial charge in [0.1, 0.15) is 23.6 Å². The molecule has 7 nitrogen and oxygen atoms in total. The summed E-state index contributed by atoms with van der Waals surface area (Å²) in [6.07, 6.45) is 4.05. The lowest BCUT2D eigenvalue weighted by atomic mass is 10.0. The average Bonchev–Trinajstić information content (AvgIpc) is 2.83. The molecule has 0 atom stereocenters. The largest absolute Gasteiger partial charge is 0.495 e. The molecule has 0 aliphatic carbocycles. The minimum atomic E-state index is -0.331. The van der Waals surface area contributed by atoms with Crippen molar-refractivity contribution < 1.29 is 14.5 Å². The lowest BCUT2D eigenvalue weighted by molar-refractivity contribution is -0.352. The topological polar surface area (TPSA) is 115 Å². The number of aromatic nitrogens is 1. The van der Waals surface area contributed by atoms with E-state index in [-0.39, 0.29) is 11.5 Å². The average molecular weight is 412 g/mol. The maximum Gasteiger partial charge on any atom is 0.324 e. The van der Waals surface area contributed by atoms with E-state index in [0.717, 1.165) is 16.7 Å². The summed E-state index contributed by atoms with van der Waals surface area (Å²) in [4.78, 5) is 19.5. The number of nitrogens with one attached hydrogen (secondary N) is 2. The van der Waals surface area contributed by atoms with E-state index in [2.05, 4.69) is 27.4 Å². The standard InChI is InChI=1S/C24H21N5O2/c1-31-22-11-23(27-15-20(22)12-25)28-16-21(13-26)24(30)29-14-17-7-9-19(10-8-17)18-5-3-2-4-6-18/h2-11,13,15-16H,14,26H2,1H3,(H,29,30)/p+1/b21-13+,28-16?. The van der Waals surface area contributed by atoms with E-state index in [1.807, 2.05) is 48.5 Å². The van der Waals surface area contributed by atoms with E-state index in [9.17, 15) is 4.79 Å². The minimum absolute atomic E-state index is 0.242. The van der Waals surface area contributed by atoms with Gasteiger partial charge in [-0.05, 0) is 21.7 Å². The Balaban J connectivity index is 1.61. The number of ether oxygens (including phenoxy) is 1. The van der Waals surface area contributed by atoms with Crippen LogP contribution in [0.4, 0.5) is 5.82 Å². The number of hydrogen-bond acceptors (Lipinski definition) is 5. The van der Waals surface area contributed by atoms with Gasteiger partial charge in [0.15, 0.2) is 6.20 Å². The normalized spacial score (nSPS) is 11.2. The van der Waals surface area contributed by atoms with Gasteiger partial charge < -0.3 is 15.8 Å². The number of nitrogens with zero attached hydrogens (tertiary/aromatic N) is 2. The number of hydrogen-bond donors (Lipinski definition) is 3. The SMILES string of the molecule is COc1cc([NH+]=C/C(=C\N)C(=O)NCc2ccc(-c3ccccc3)cc2)ncc1C#N. The highest BCUT2D eigenvalue weighted by Gasteiger charge is 2.12. The first-order chi connectivity index (χ1) is 15.1. The van der Waals surface area contributed by atoms with Crippen LogP contribution in [0.2, 0.25) is 0 Å². The minimum Gasteiger partial charge on any atom is -0.495 e. The van der Waals surface area contributed by atoms with Crippen LogP contribution >= 0.6 is 0 Å². The molecule has 3 rings (SSSR count). The Morgan fingerprint density at radius 3 is 2.55 bits per heavy atom. The molecule has 3 aromatic rings. The molecule has 1 aromatic heterocycles. The van der Waals surface area contributed by atoms with Crippen LogP contribution in [0.5, 0.6) is 5.75 Å². The summed E-state index contributed by atoms with van der Waals surface area (Å²) in [6, 6.07) is 21.6. The third-order valence-corrected chi connectivity index (χ3v) is 4.54. The fraction of sp³-hybridized carbons (Fsp3) is 0.0833. The van der Waals surface area contributed by atoms with Crippen molar-refractivity contribution in [3.05, 3.63) is 89.8 Å². The van der Waals surface area contributed by atoms with Gasteiger partial charge in [-0.1, -0.05) is 54.6 Å². The highest BCUT2D eigenvalue weighted by atomic mass is 16.5. The summed E-state index contributed by atoms with van der Waals surface area (Å²) in [5.74, 6) is 0.470. The molecule has 1 amide bonds. The predicted octanol–water partition coefficient (Wildman–Crippen LogP) is 1.57. The maximum atomic E-state index is 12.5. The van der Waals surface area contributed by atoms with Crippen molar-refractivity contribution in [3.8, 4) is 22.9 Å². The quantitative estimate of drug-likeness (QED) is 0.403. The van der Waals surface area contributed by atoms with Gasteiger partial charge in [-0.15, -0.1) is 0 Å². The summed E-state index contributed by atoms with van der Waals surface area (Å²) in [5.41, 5.74) is 9.39. The number of nitrogens with two attached hydrogens (primary N) is 1. The number of nitriles is 1. The molecule has 0 saturated carbocycles. The number of amides is 1. The van der Waals surface area contributed by atoms with Gasteiger partial charge in [0.05, 0.1) is 18.7 Å². The van der Waals surface area contributed by atoms with Crippen LogP contribution < -0.4 is 20.8 Å². The molecule has 31 heavy (non-hydrogen) atoms.